The second-order valence-corrected chi connectivity index (χ2v) is 5.78. The Morgan fingerprint density at radius 1 is 1.26 bits per heavy atom. The molecule has 23 heavy (non-hydrogen) atoms. The lowest BCUT2D eigenvalue weighted by Crippen LogP contribution is -2.39. The summed E-state index contributed by atoms with van der Waals surface area (Å²) in [5.74, 6) is 1.50. The fourth-order valence-electron chi connectivity index (χ4n) is 2.79. The van der Waals surface area contributed by atoms with E-state index in [4.69, 9.17) is 9.47 Å². The van der Waals surface area contributed by atoms with Crippen LogP contribution >= 0.6 is 0 Å². The zero-order valence-corrected chi connectivity index (χ0v) is 14.3. The molecule has 6 heteroatoms. The van der Waals surface area contributed by atoms with Gasteiger partial charge in [0.25, 0.3) is 0 Å². The van der Waals surface area contributed by atoms with E-state index >= 15 is 0 Å². The van der Waals surface area contributed by atoms with E-state index in [1.165, 1.54) is 0 Å². The van der Waals surface area contributed by atoms with Crippen LogP contribution in [0.4, 0.5) is 0 Å². The Morgan fingerprint density at radius 3 is 2.83 bits per heavy atom. The van der Waals surface area contributed by atoms with Crippen molar-refractivity contribution in [1.29, 1.82) is 0 Å². The highest BCUT2D eigenvalue weighted by atomic mass is 16.5. The van der Waals surface area contributed by atoms with Gasteiger partial charge in [-0.1, -0.05) is 12.1 Å². The molecule has 1 N–H and O–H groups in total. The van der Waals surface area contributed by atoms with Gasteiger partial charge in [-0.3, -0.25) is 9.69 Å². The van der Waals surface area contributed by atoms with E-state index in [0.717, 1.165) is 38.2 Å². The molecule has 0 aliphatic carbocycles. The molecule has 0 bridgehead atoms. The summed E-state index contributed by atoms with van der Waals surface area (Å²) in [6.45, 7) is 4.83. The summed E-state index contributed by atoms with van der Waals surface area (Å²) >= 11 is 0. The molecule has 6 nitrogen and oxygen atoms in total. The van der Waals surface area contributed by atoms with E-state index in [-0.39, 0.29) is 5.91 Å². The van der Waals surface area contributed by atoms with Crippen LogP contribution in [0.5, 0.6) is 11.5 Å². The van der Waals surface area contributed by atoms with Crippen LogP contribution in [0, 0.1) is 0 Å². The predicted octanol–water partition coefficient (Wildman–Crippen LogP) is 0.958. The average molecular weight is 321 g/mol. The minimum Gasteiger partial charge on any atom is -0.493 e. The Balaban J connectivity index is 1.97. The van der Waals surface area contributed by atoms with Gasteiger partial charge in [-0.15, -0.1) is 0 Å². The van der Waals surface area contributed by atoms with Crippen molar-refractivity contribution >= 4 is 5.91 Å². The number of rotatable bonds is 6. The number of nitrogens with one attached hydrogen (secondary N) is 1. The van der Waals surface area contributed by atoms with E-state index in [2.05, 4.69) is 10.2 Å². The number of carbonyl (C=O) groups is 1. The summed E-state index contributed by atoms with van der Waals surface area (Å²) in [6, 6.07) is 5.73. The fourth-order valence-corrected chi connectivity index (χ4v) is 2.79. The molecule has 0 radical (unpaired) electrons. The first kappa shape index (κ1) is 17.6. The van der Waals surface area contributed by atoms with Gasteiger partial charge in [0, 0.05) is 32.2 Å². The van der Waals surface area contributed by atoms with Gasteiger partial charge >= 0.3 is 0 Å². The van der Waals surface area contributed by atoms with E-state index in [1.807, 2.05) is 25.2 Å². The van der Waals surface area contributed by atoms with Crippen molar-refractivity contribution in [2.24, 2.45) is 0 Å². The van der Waals surface area contributed by atoms with Gasteiger partial charge in [-0.05, 0) is 25.6 Å². The van der Waals surface area contributed by atoms with Gasteiger partial charge in [-0.25, -0.2) is 0 Å². The summed E-state index contributed by atoms with van der Waals surface area (Å²) < 4.78 is 10.7. The molecule has 0 atom stereocenters. The predicted molar refractivity (Wildman–Crippen MR) is 89.9 cm³/mol. The summed E-state index contributed by atoms with van der Waals surface area (Å²) in [7, 11) is 5.06. The molecule has 2 rings (SSSR count). The average Bonchev–Trinajstić information content (AvgIpc) is 2.83. The molecular formula is C17H27N3O3. The van der Waals surface area contributed by atoms with Crippen molar-refractivity contribution in [2.75, 3.05) is 54.0 Å². The molecule has 1 fully saturated rings. The molecule has 1 aromatic carbocycles. The number of hydrogen-bond donors (Lipinski definition) is 1. The van der Waals surface area contributed by atoms with Crippen LogP contribution in [0.15, 0.2) is 18.2 Å². The summed E-state index contributed by atoms with van der Waals surface area (Å²) in [5.41, 5.74) is 0.945. The van der Waals surface area contributed by atoms with Crippen molar-refractivity contribution < 1.29 is 14.3 Å². The topological polar surface area (TPSA) is 54.0 Å². The van der Waals surface area contributed by atoms with E-state index < -0.39 is 0 Å². The molecule has 0 unspecified atom stereocenters. The number of ether oxygens (including phenoxy) is 2. The highest BCUT2D eigenvalue weighted by Crippen LogP contribution is 2.31. The van der Waals surface area contributed by atoms with Crippen molar-refractivity contribution in [3.05, 3.63) is 23.8 Å². The van der Waals surface area contributed by atoms with Crippen LogP contribution in [-0.2, 0) is 11.3 Å². The third kappa shape index (κ3) is 4.84. The normalized spacial score (nSPS) is 15.8. The maximum absolute atomic E-state index is 12.5. The molecule has 1 amide bonds. The van der Waals surface area contributed by atoms with Crippen molar-refractivity contribution in [3.63, 3.8) is 0 Å². The summed E-state index contributed by atoms with van der Waals surface area (Å²) in [5, 5.41) is 3.35. The highest BCUT2D eigenvalue weighted by molar-refractivity contribution is 5.78. The molecule has 1 aliphatic rings. The van der Waals surface area contributed by atoms with Crippen LogP contribution in [-0.4, -0.2) is 69.7 Å². The Kier molecular flexibility index (Phi) is 6.67. The number of amides is 1. The number of benzene rings is 1. The maximum atomic E-state index is 12.5. The fraction of sp³-hybridized carbons (Fsp3) is 0.588. The Labute approximate surface area is 138 Å². The van der Waals surface area contributed by atoms with Gasteiger partial charge in [-0.2, -0.15) is 0 Å². The molecule has 0 saturated carbocycles. The molecule has 0 spiro atoms. The largest absolute Gasteiger partial charge is 0.493 e. The second kappa shape index (κ2) is 8.74. The van der Waals surface area contributed by atoms with E-state index in [9.17, 15) is 4.79 Å². The first-order valence-corrected chi connectivity index (χ1v) is 8.02. The smallest absolute Gasteiger partial charge is 0.236 e. The monoisotopic (exact) mass is 321 g/mol. The quantitative estimate of drug-likeness (QED) is 0.846. The first-order chi connectivity index (χ1) is 11.2. The standard InChI is InChI=1S/C17H27N3O3/c1-19(16(21)13-20-10-5-8-18-9-11-20)12-14-6-4-7-15(22-2)17(14)23-3/h4,6-7,18H,5,8-13H2,1-3H3. The maximum Gasteiger partial charge on any atom is 0.236 e. The number of methoxy groups -OCH3 is 2. The minimum absolute atomic E-state index is 0.122. The van der Waals surface area contributed by atoms with Crippen LogP contribution in [0.2, 0.25) is 0 Å². The minimum atomic E-state index is 0.122. The zero-order chi connectivity index (χ0) is 16.7. The van der Waals surface area contributed by atoms with Crippen molar-refractivity contribution in [3.8, 4) is 11.5 Å². The molecule has 1 saturated heterocycles. The van der Waals surface area contributed by atoms with Crippen LogP contribution in [0.1, 0.15) is 12.0 Å². The summed E-state index contributed by atoms with van der Waals surface area (Å²) in [4.78, 5) is 16.4. The van der Waals surface area contributed by atoms with Gasteiger partial charge in [0.1, 0.15) is 0 Å². The molecule has 0 aromatic heterocycles. The van der Waals surface area contributed by atoms with E-state index in [0.29, 0.717) is 24.6 Å². The lowest BCUT2D eigenvalue weighted by molar-refractivity contribution is -0.131. The number of nitrogens with zero attached hydrogens (tertiary/aromatic N) is 2. The SMILES string of the molecule is COc1cccc(CN(C)C(=O)CN2CCCNCC2)c1OC. The third-order valence-corrected chi connectivity index (χ3v) is 4.11. The molecule has 1 aliphatic heterocycles. The van der Waals surface area contributed by atoms with Crippen molar-refractivity contribution in [1.82, 2.24) is 15.1 Å². The number of carbonyl (C=O) groups excluding carboxylic acids is 1. The Morgan fingerprint density at radius 2 is 2.09 bits per heavy atom. The highest BCUT2D eigenvalue weighted by Gasteiger charge is 2.18. The van der Waals surface area contributed by atoms with Gasteiger partial charge in [0.2, 0.25) is 5.91 Å². The third-order valence-electron chi connectivity index (χ3n) is 4.11. The Bertz CT molecular complexity index is 514. The van der Waals surface area contributed by atoms with Crippen LogP contribution in [0.25, 0.3) is 0 Å². The van der Waals surface area contributed by atoms with Crippen molar-refractivity contribution in [2.45, 2.75) is 13.0 Å². The number of hydrogen-bond acceptors (Lipinski definition) is 5. The van der Waals surface area contributed by atoms with Gasteiger partial charge in [0.15, 0.2) is 11.5 Å². The second-order valence-electron chi connectivity index (χ2n) is 5.78. The molecule has 1 heterocycles. The number of para-hydroxylation sites is 1. The zero-order valence-electron chi connectivity index (χ0n) is 14.3. The van der Waals surface area contributed by atoms with Crippen LogP contribution in [0.3, 0.4) is 0 Å². The van der Waals surface area contributed by atoms with E-state index in [1.54, 1.807) is 19.1 Å². The lowest BCUT2D eigenvalue weighted by atomic mass is 10.1. The van der Waals surface area contributed by atoms with Gasteiger partial charge in [0.05, 0.1) is 20.8 Å². The summed E-state index contributed by atoms with van der Waals surface area (Å²) in [6.07, 6.45) is 1.08. The number of likely N-dealkylation sites (N-methyl/N-ethyl adjacent to an activating group) is 1. The van der Waals surface area contributed by atoms with Crippen LogP contribution < -0.4 is 14.8 Å². The first-order valence-electron chi connectivity index (χ1n) is 8.02. The lowest BCUT2D eigenvalue weighted by Gasteiger charge is -2.24. The Hall–Kier alpha value is -1.79. The van der Waals surface area contributed by atoms with Gasteiger partial charge < -0.3 is 19.7 Å². The molecule has 1 aromatic rings. The molecule has 128 valence electrons. The molecular weight excluding hydrogens is 294 g/mol.